The molecule has 1 atom stereocenters. The van der Waals surface area contributed by atoms with Crippen LogP contribution in [0.1, 0.15) is 28.9 Å². The Morgan fingerprint density at radius 1 is 1.24 bits per heavy atom. The van der Waals surface area contributed by atoms with Crippen LogP contribution in [0.25, 0.3) is 10.1 Å². The maximum absolute atomic E-state index is 13.1. The molecule has 1 aromatic heterocycles. The number of thiophene rings is 1. The van der Waals surface area contributed by atoms with E-state index in [-0.39, 0.29) is 13.0 Å². The molecule has 0 aliphatic carbocycles. The summed E-state index contributed by atoms with van der Waals surface area (Å²) in [6.45, 7) is 0.178. The van der Waals surface area contributed by atoms with Gasteiger partial charge in [0.05, 0.1) is 4.88 Å². The average Bonchev–Trinajstić information content (AvgIpc) is 2.89. The fraction of sp³-hybridized carbons (Fsp3) is 0.400. The van der Waals surface area contributed by atoms with E-state index in [1.807, 2.05) is 24.3 Å². The number of benzene rings is 1. The van der Waals surface area contributed by atoms with Crippen molar-refractivity contribution in [2.75, 3.05) is 6.54 Å². The lowest BCUT2D eigenvalue weighted by molar-refractivity contribution is -0.183. The molecule has 0 N–H and O–H groups in total. The highest BCUT2D eigenvalue weighted by Crippen LogP contribution is 2.34. The molecule has 21 heavy (non-hydrogen) atoms. The zero-order chi connectivity index (χ0) is 15.0. The first-order valence-corrected chi connectivity index (χ1v) is 7.65. The Kier molecular flexibility index (Phi) is 3.65. The molecule has 2 aromatic rings. The van der Waals surface area contributed by atoms with E-state index in [9.17, 15) is 18.0 Å². The first-order chi connectivity index (χ1) is 9.97. The lowest BCUT2D eigenvalue weighted by atomic mass is 10.0. The summed E-state index contributed by atoms with van der Waals surface area (Å²) in [5.41, 5.74) is 0. The number of likely N-dealkylation sites (tertiary alicyclic amines) is 1. The molecule has 2 heterocycles. The lowest BCUT2D eigenvalue weighted by Crippen LogP contribution is -2.51. The standard InChI is InChI=1S/C15H14F3NOS/c16-15(17,18)13-7-3-4-8-19(13)14(20)12-9-10-5-1-2-6-11(10)21-12/h1-2,5-6,9,13H,3-4,7-8H2. The minimum Gasteiger partial charge on any atom is -0.326 e. The zero-order valence-corrected chi connectivity index (χ0v) is 12.0. The van der Waals surface area contributed by atoms with E-state index in [0.717, 1.165) is 15.0 Å². The predicted octanol–water partition coefficient (Wildman–Crippen LogP) is 4.46. The summed E-state index contributed by atoms with van der Waals surface area (Å²) in [7, 11) is 0. The number of carbonyl (C=O) groups is 1. The number of hydrogen-bond acceptors (Lipinski definition) is 2. The molecular formula is C15H14F3NOS. The maximum Gasteiger partial charge on any atom is 0.408 e. The molecule has 3 rings (SSSR count). The molecular weight excluding hydrogens is 299 g/mol. The van der Waals surface area contributed by atoms with Gasteiger partial charge >= 0.3 is 6.18 Å². The number of fused-ring (bicyclic) bond motifs is 1. The third kappa shape index (κ3) is 2.77. The Morgan fingerprint density at radius 2 is 2.00 bits per heavy atom. The highest BCUT2D eigenvalue weighted by molar-refractivity contribution is 7.20. The van der Waals surface area contributed by atoms with Crippen LogP contribution in [0.2, 0.25) is 0 Å². The molecule has 0 saturated carbocycles. The van der Waals surface area contributed by atoms with Crippen LogP contribution in [0.3, 0.4) is 0 Å². The first-order valence-electron chi connectivity index (χ1n) is 6.83. The van der Waals surface area contributed by atoms with Gasteiger partial charge < -0.3 is 4.90 Å². The van der Waals surface area contributed by atoms with Gasteiger partial charge in [0, 0.05) is 11.2 Å². The molecule has 6 heteroatoms. The molecule has 1 fully saturated rings. The predicted molar refractivity (Wildman–Crippen MR) is 76.6 cm³/mol. The van der Waals surface area contributed by atoms with Crippen LogP contribution in [0.5, 0.6) is 0 Å². The number of hydrogen-bond donors (Lipinski definition) is 0. The van der Waals surface area contributed by atoms with Gasteiger partial charge in [0.25, 0.3) is 5.91 Å². The summed E-state index contributed by atoms with van der Waals surface area (Å²) < 4.78 is 40.2. The Morgan fingerprint density at radius 3 is 2.71 bits per heavy atom. The van der Waals surface area contributed by atoms with Crippen LogP contribution < -0.4 is 0 Å². The molecule has 0 radical (unpaired) electrons. The van der Waals surface area contributed by atoms with Crippen molar-refractivity contribution in [2.45, 2.75) is 31.5 Å². The van der Waals surface area contributed by atoms with Crippen LogP contribution >= 0.6 is 11.3 Å². The Bertz CT molecular complexity index is 631. The number of carbonyl (C=O) groups excluding carboxylic acids is 1. The van der Waals surface area contributed by atoms with Gasteiger partial charge in [-0.25, -0.2) is 0 Å². The van der Waals surface area contributed by atoms with Gasteiger partial charge in [0.1, 0.15) is 6.04 Å². The van der Waals surface area contributed by atoms with Crippen LogP contribution in [0, 0.1) is 0 Å². The van der Waals surface area contributed by atoms with E-state index in [4.69, 9.17) is 0 Å². The molecule has 2 nitrogen and oxygen atoms in total. The minimum atomic E-state index is -4.35. The van der Waals surface area contributed by atoms with Crippen molar-refractivity contribution in [1.29, 1.82) is 0 Å². The van der Waals surface area contributed by atoms with Gasteiger partial charge in [-0.2, -0.15) is 13.2 Å². The molecule has 1 saturated heterocycles. The molecule has 1 aliphatic rings. The largest absolute Gasteiger partial charge is 0.408 e. The lowest BCUT2D eigenvalue weighted by Gasteiger charge is -2.36. The van der Waals surface area contributed by atoms with Gasteiger partial charge in [-0.1, -0.05) is 18.2 Å². The summed E-state index contributed by atoms with van der Waals surface area (Å²) >= 11 is 1.25. The van der Waals surface area contributed by atoms with Crippen LogP contribution in [0.15, 0.2) is 30.3 Å². The van der Waals surface area contributed by atoms with Crippen molar-refractivity contribution in [2.24, 2.45) is 0 Å². The molecule has 1 aliphatic heterocycles. The van der Waals surface area contributed by atoms with Gasteiger partial charge in [0.15, 0.2) is 0 Å². The SMILES string of the molecule is O=C(c1cc2ccccc2s1)N1CCCCC1C(F)(F)F. The normalized spacial score (nSPS) is 20.0. The van der Waals surface area contributed by atoms with E-state index >= 15 is 0 Å². The quantitative estimate of drug-likeness (QED) is 0.761. The maximum atomic E-state index is 13.1. The van der Waals surface area contributed by atoms with Crippen LogP contribution in [-0.2, 0) is 0 Å². The summed E-state index contributed by atoms with van der Waals surface area (Å²) in [5.74, 6) is -0.502. The molecule has 0 spiro atoms. The number of halogens is 3. The zero-order valence-electron chi connectivity index (χ0n) is 11.2. The second-order valence-corrected chi connectivity index (χ2v) is 6.28. The van der Waals surface area contributed by atoms with Crippen molar-refractivity contribution < 1.29 is 18.0 Å². The number of alkyl halides is 3. The van der Waals surface area contributed by atoms with E-state index in [1.165, 1.54) is 11.3 Å². The fourth-order valence-corrected chi connectivity index (χ4v) is 3.76. The van der Waals surface area contributed by atoms with Crippen molar-refractivity contribution in [3.05, 3.63) is 35.2 Å². The van der Waals surface area contributed by atoms with Gasteiger partial charge in [0.2, 0.25) is 0 Å². The van der Waals surface area contributed by atoms with Crippen molar-refractivity contribution >= 4 is 27.3 Å². The summed E-state index contributed by atoms with van der Waals surface area (Å²) in [5, 5.41) is 0.895. The second kappa shape index (κ2) is 5.33. The third-order valence-electron chi connectivity index (χ3n) is 3.78. The van der Waals surface area contributed by atoms with Gasteiger partial charge in [-0.3, -0.25) is 4.79 Å². The summed E-state index contributed by atoms with van der Waals surface area (Å²) in [6.07, 6.45) is -3.21. The smallest absolute Gasteiger partial charge is 0.326 e. The van der Waals surface area contributed by atoms with Crippen LogP contribution in [0.4, 0.5) is 13.2 Å². The second-order valence-electron chi connectivity index (χ2n) is 5.20. The Hall–Kier alpha value is -1.56. The fourth-order valence-electron chi connectivity index (χ4n) is 2.74. The van der Waals surface area contributed by atoms with Crippen molar-refractivity contribution in [3.63, 3.8) is 0 Å². The number of piperidine rings is 1. The minimum absolute atomic E-state index is 0.000134. The monoisotopic (exact) mass is 313 g/mol. The van der Waals surface area contributed by atoms with E-state index < -0.39 is 18.1 Å². The molecule has 1 aromatic carbocycles. The number of amides is 1. The molecule has 1 unspecified atom stereocenters. The van der Waals surface area contributed by atoms with Crippen molar-refractivity contribution in [1.82, 2.24) is 4.90 Å². The van der Waals surface area contributed by atoms with Crippen LogP contribution in [-0.4, -0.2) is 29.6 Å². The highest BCUT2D eigenvalue weighted by atomic mass is 32.1. The van der Waals surface area contributed by atoms with E-state index in [0.29, 0.717) is 17.7 Å². The number of rotatable bonds is 1. The Balaban J connectivity index is 1.92. The average molecular weight is 313 g/mol. The van der Waals surface area contributed by atoms with E-state index in [2.05, 4.69) is 0 Å². The molecule has 1 amide bonds. The number of nitrogens with zero attached hydrogens (tertiary/aromatic N) is 1. The first kappa shape index (κ1) is 14.4. The van der Waals surface area contributed by atoms with Crippen molar-refractivity contribution in [3.8, 4) is 0 Å². The van der Waals surface area contributed by atoms with Gasteiger partial charge in [-0.05, 0) is 36.8 Å². The van der Waals surface area contributed by atoms with E-state index in [1.54, 1.807) is 6.07 Å². The Labute approximate surface area is 124 Å². The highest BCUT2D eigenvalue weighted by Gasteiger charge is 2.46. The topological polar surface area (TPSA) is 20.3 Å². The molecule has 112 valence electrons. The summed E-state index contributed by atoms with van der Waals surface area (Å²) in [6, 6.07) is 7.47. The molecule has 0 bridgehead atoms. The summed E-state index contributed by atoms with van der Waals surface area (Å²) in [4.78, 5) is 13.8. The third-order valence-corrected chi connectivity index (χ3v) is 4.88. The van der Waals surface area contributed by atoms with Gasteiger partial charge in [-0.15, -0.1) is 11.3 Å².